The molecule has 0 aromatic heterocycles. The molecule has 1 aromatic carbocycles. The Kier molecular flexibility index (Phi) is 6.29. The number of ether oxygens (including phenoxy) is 1. The predicted molar refractivity (Wildman–Crippen MR) is 73.4 cm³/mol. The van der Waals surface area contributed by atoms with E-state index in [4.69, 9.17) is 10.5 Å². The van der Waals surface area contributed by atoms with Crippen molar-refractivity contribution in [1.29, 1.82) is 0 Å². The van der Waals surface area contributed by atoms with Crippen LogP contribution in [0.25, 0.3) is 0 Å². The quantitative estimate of drug-likeness (QED) is 0.840. The van der Waals surface area contributed by atoms with Crippen LogP contribution in [0.2, 0.25) is 0 Å². The van der Waals surface area contributed by atoms with E-state index < -0.39 is 6.10 Å². The number of morpholine rings is 1. The van der Waals surface area contributed by atoms with E-state index in [2.05, 4.69) is 4.90 Å². The average Bonchev–Trinajstić information content (AvgIpc) is 2.40. The molecule has 0 amide bonds. The first-order valence-electron chi connectivity index (χ1n) is 6.06. The number of aliphatic hydroxyl groups excluding tert-OH is 1. The lowest BCUT2D eigenvalue weighted by atomic mass is 10.0. The standard InChI is InChI=1S/C13H20N2O2.CH4/c14-12(10-15-6-8-17-9-7-15)13(16)11-4-2-1-3-5-11;/h1-5,12-13,16H,6-10,14H2;1H4/t12?,13-;/m1./s1. The summed E-state index contributed by atoms with van der Waals surface area (Å²) in [6.07, 6.45) is -0.598. The van der Waals surface area contributed by atoms with Gasteiger partial charge in [0.15, 0.2) is 0 Å². The van der Waals surface area contributed by atoms with Crippen molar-refractivity contribution < 1.29 is 9.84 Å². The first-order chi connectivity index (χ1) is 8.27. The van der Waals surface area contributed by atoms with Crippen molar-refractivity contribution in [1.82, 2.24) is 4.90 Å². The number of rotatable bonds is 4. The Balaban J connectivity index is 0.00000162. The molecule has 1 aliphatic rings. The number of hydrogen-bond donors (Lipinski definition) is 2. The van der Waals surface area contributed by atoms with Crippen molar-refractivity contribution in [3.05, 3.63) is 35.9 Å². The monoisotopic (exact) mass is 252 g/mol. The zero-order valence-corrected chi connectivity index (χ0v) is 9.96. The molecule has 1 saturated heterocycles. The number of benzene rings is 1. The third-order valence-electron chi connectivity index (χ3n) is 3.12. The lowest BCUT2D eigenvalue weighted by Gasteiger charge is -2.30. The summed E-state index contributed by atoms with van der Waals surface area (Å²) >= 11 is 0. The van der Waals surface area contributed by atoms with Gasteiger partial charge in [-0.3, -0.25) is 4.90 Å². The fraction of sp³-hybridized carbons (Fsp3) is 0.571. The summed E-state index contributed by atoms with van der Waals surface area (Å²) in [7, 11) is 0. The molecule has 3 N–H and O–H groups in total. The minimum absolute atomic E-state index is 0. The maximum Gasteiger partial charge on any atom is 0.0953 e. The summed E-state index contributed by atoms with van der Waals surface area (Å²) in [6.45, 7) is 4.02. The van der Waals surface area contributed by atoms with Crippen LogP contribution in [0.15, 0.2) is 30.3 Å². The van der Waals surface area contributed by atoms with Gasteiger partial charge < -0.3 is 15.6 Å². The summed E-state index contributed by atoms with van der Waals surface area (Å²) in [6, 6.07) is 9.33. The fourth-order valence-electron chi connectivity index (χ4n) is 2.08. The van der Waals surface area contributed by atoms with Gasteiger partial charge in [-0.05, 0) is 5.56 Å². The minimum Gasteiger partial charge on any atom is -0.387 e. The summed E-state index contributed by atoms with van der Waals surface area (Å²) < 4.78 is 5.28. The molecule has 1 heterocycles. The molecule has 1 aromatic rings. The van der Waals surface area contributed by atoms with E-state index in [0.29, 0.717) is 6.54 Å². The van der Waals surface area contributed by atoms with Crippen LogP contribution in [0.4, 0.5) is 0 Å². The highest BCUT2D eigenvalue weighted by Crippen LogP contribution is 2.16. The summed E-state index contributed by atoms with van der Waals surface area (Å²) in [5, 5.41) is 10.1. The van der Waals surface area contributed by atoms with Gasteiger partial charge in [0.2, 0.25) is 0 Å². The summed E-state index contributed by atoms with van der Waals surface area (Å²) in [4.78, 5) is 2.24. The summed E-state index contributed by atoms with van der Waals surface area (Å²) in [5.74, 6) is 0. The van der Waals surface area contributed by atoms with Crippen LogP contribution in [0, 0.1) is 0 Å². The van der Waals surface area contributed by atoms with Gasteiger partial charge >= 0.3 is 0 Å². The second-order valence-corrected chi connectivity index (χ2v) is 4.43. The first-order valence-corrected chi connectivity index (χ1v) is 6.06. The van der Waals surface area contributed by atoms with Crippen molar-refractivity contribution >= 4 is 0 Å². The number of aliphatic hydroxyl groups is 1. The normalized spacial score (nSPS) is 19.9. The Morgan fingerprint density at radius 3 is 2.44 bits per heavy atom. The van der Waals surface area contributed by atoms with Gasteiger partial charge in [0, 0.05) is 25.7 Å². The molecule has 0 bridgehead atoms. The van der Waals surface area contributed by atoms with Crippen molar-refractivity contribution in [2.75, 3.05) is 32.8 Å². The largest absolute Gasteiger partial charge is 0.387 e. The van der Waals surface area contributed by atoms with Crippen LogP contribution >= 0.6 is 0 Å². The second-order valence-electron chi connectivity index (χ2n) is 4.43. The molecule has 18 heavy (non-hydrogen) atoms. The molecule has 0 spiro atoms. The third kappa shape index (κ3) is 4.07. The van der Waals surface area contributed by atoms with E-state index in [1.807, 2.05) is 30.3 Å². The van der Waals surface area contributed by atoms with Crippen LogP contribution in [0.5, 0.6) is 0 Å². The average molecular weight is 252 g/mol. The van der Waals surface area contributed by atoms with Crippen molar-refractivity contribution in [2.24, 2.45) is 5.73 Å². The van der Waals surface area contributed by atoms with Gasteiger partial charge in [-0.2, -0.15) is 0 Å². The maximum absolute atomic E-state index is 10.1. The fourth-order valence-corrected chi connectivity index (χ4v) is 2.08. The number of hydrogen-bond acceptors (Lipinski definition) is 4. The van der Waals surface area contributed by atoms with E-state index in [1.165, 1.54) is 0 Å². The van der Waals surface area contributed by atoms with E-state index in [9.17, 15) is 5.11 Å². The zero-order valence-electron chi connectivity index (χ0n) is 9.96. The molecule has 0 radical (unpaired) electrons. The highest BCUT2D eigenvalue weighted by molar-refractivity contribution is 5.18. The smallest absolute Gasteiger partial charge is 0.0953 e. The van der Waals surface area contributed by atoms with Gasteiger partial charge in [-0.1, -0.05) is 37.8 Å². The van der Waals surface area contributed by atoms with Gasteiger partial charge in [0.25, 0.3) is 0 Å². The van der Waals surface area contributed by atoms with Crippen molar-refractivity contribution in [2.45, 2.75) is 19.6 Å². The Hall–Kier alpha value is -0.940. The first kappa shape index (κ1) is 15.1. The lowest BCUT2D eigenvalue weighted by molar-refractivity contribution is 0.0249. The van der Waals surface area contributed by atoms with E-state index in [0.717, 1.165) is 31.9 Å². The van der Waals surface area contributed by atoms with Crippen LogP contribution < -0.4 is 5.73 Å². The van der Waals surface area contributed by atoms with Crippen LogP contribution in [0.1, 0.15) is 19.1 Å². The molecule has 1 unspecified atom stereocenters. The Labute approximate surface area is 109 Å². The van der Waals surface area contributed by atoms with Crippen molar-refractivity contribution in [3.63, 3.8) is 0 Å². The van der Waals surface area contributed by atoms with Crippen molar-refractivity contribution in [3.8, 4) is 0 Å². The van der Waals surface area contributed by atoms with Gasteiger partial charge in [0.1, 0.15) is 0 Å². The molecular weight excluding hydrogens is 228 g/mol. The highest BCUT2D eigenvalue weighted by atomic mass is 16.5. The van der Waals surface area contributed by atoms with E-state index >= 15 is 0 Å². The predicted octanol–water partition coefficient (Wildman–Crippen LogP) is 1.02. The molecule has 4 heteroatoms. The van der Waals surface area contributed by atoms with Gasteiger partial charge in [-0.25, -0.2) is 0 Å². The zero-order chi connectivity index (χ0) is 12.1. The topological polar surface area (TPSA) is 58.7 Å². The number of nitrogens with two attached hydrogens (primary N) is 1. The molecule has 1 aliphatic heterocycles. The SMILES string of the molecule is C.NC(CN1CCOCC1)[C@H](O)c1ccccc1. The minimum atomic E-state index is -0.598. The molecule has 0 saturated carbocycles. The van der Waals surface area contributed by atoms with E-state index in [-0.39, 0.29) is 13.5 Å². The Bertz CT molecular complexity index is 326. The molecule has 102 valence electrons. The maximum atomic E-state index is 10.1. The molecule has 0 aliphatic carbocycles. The Morgan fingerprint density at radius 1 is 1.22 bits per heavy atom. The second kappa shape index (κ2) is 7.48. The van der Waals surface area contributed by atoms with Crippen LogP contribution in [-0.2, 0) is 4.74 Å². The third-order valence-corrected chi connectivity index (χ3v) is 3.12. The molecule has 2 atom stereocenters. The number of nitrogens with zero attached hydrogens (tertiary/aromatic N) is 1. The van der Waals surface area contributed by atoms with Crippen LogP contribution in [0.3, 0.4) is 0 Å². The van der Waals surface area contributed by atoms with Gasteiger partial charge in [0.05, 0.1) is 19.3 Å². The lowest BCUT2D eigenvalue weighted by Crippen LogP contribution is -2.45. The molecular formula is C14H24N2O2. The molecule has 1 fully saturated rings. The summed E-state index contributed by atoms with van der Waals surface area (Å²) in [5.41, 5.74) is 6.93. The van der Waals surface area contributed by atoms with E-state index in [1.54, 1.807) is 0 Å². The molecule has 2 rings (SSSR count). The van der Waals surface area contributed by atoms with Crippen LogP contribution in [-0.4, -0.2) is 48.9 Å². The Morgan fingerprint density at radius 2 is 1.83 bits per heavy atom. The molecule has 4 nitrogen and oxygen atoms in total. The highest BCUT2D eigenvalue weighted by Gasteiger charge is 2.20. The van der Waals surface area contributed by atoms with Gasteiger partial charge in [-0.15, -0.1) is 0 Å².